The summed E-state index contributed by atoms with van der Waals surface area (Å²) in [5.74, 6) is -0.774. The average Bonchev–Trinajstić information content (AvgIpc) is 2.85. The number of anilines is 3. The van der Waals surface area contributed by atoms with E-state index in [1.54, 1.807) is 36.4 Å². The van der Waals surface area contributed by atoms with Crippen LogP contribution in [0.1, 0.15) is 5.56 Å². The van der Waals surface area contributed by atoms with Crippen LogP contribution in [0.3, 0.4) is 0 Å². The highest BCUT2D eigenvalue weighted by atomic mass is 16.6. The van der Waals surface area contributed by atoms with Gasteiger partial charge in [0.25, 0.3) is 11.4 Å². The van der Waals surface area contributed by atoms with Gasteiger partial charge in [-0.25, -0.2) is 0 Å². The van der Waals surface area contributed by atoms with Gasteiger partial charge < -0.3 is 21.3 Å². The van der Waals surface area contributed by atoms with E-state index in [1.165, 1.54) is 36.4 Å². The molecule has 2 amide bonds. The molecule has 12 nitrogen and oxygen atoms in total. The summed E-state index contributed by atoms with van der Waals surface area (Å²) in [6, 6.07) is 18.9. The maximum Gasteiger partial charge on any atom is 0.292 e. The van der Waals surface area contributed by atoms with Gasteiger partial charge in [0.1, 0.15) is 11.4 Å². The van der Waals surface area contributed by atoms with Gasteiger partial charge in [-0.3, -0.25) is 29.8 Å². The van der Waals surface area contributed by atoms with Crippen molar-refractivity contribution in [3.63, 3.8) is 0 Å². The smallest absolute Gasteiger partial charge is 0.292 e. The molecule has 0 atom stereocenters. The van der Waals surface area contributed by atoms with E-state index < -0.39 is 15.8 Å². The summed E-state index contributed by atoms with van der Waals surface area (Å²) in [7, 11) is 0. The second-order valence-electron chi connectivity index (χ2n) is 7.28. The molecule has 35 heavy (non-hydrogen) atoms. The quantitative estimate of drug-likeness (QED) is 0.240. The van der Waals surface area contributed by atoms with Gasteiger partial charge in [-0.1, -0.05) is 36.4 Å². The summed E-state index contributed by atoms with van der Waals surface area (Å²) in [4.78, 5) is 45.5. The SMILES string of the molecule is O=C(CNc1ccccc1[N+](=O)[O-])NCc1cccc(NC(=O)CNc2ccccc2[N+](=O)[O-])c1. The van der Waals surface area contributed by atoms with E-state index in [9.17, 15) is 29.8 Å². The van der Waals surface area contributed by atoms with Gasteiger partial charge in [0, 0.05) is 24.4 Å². The molecule has 0 bridgehead atoms. The van der Waals surface area contributed by atoms with Crippen LogP contribution < -0.4 is 21.3 Å². The number of hydrogen-bond acceptors (Lipinski definition) is 8. The fourth-order valence-corrected chi connectivity index (χ4v) is 3.14. The first-order valence-corrected chi connectivity index (χ1v) is 10.4. The molecule has 3 rings (SSSR count). The molecule has 0 aliphatic rings. The highest BCUT2D eigenvalue weighted by Crippen LogP contribution is 2.23. The second-order valence-corrected chi connectivity index (χ2v) is 7.28. The summed E-state index contributed by atoms with van der Waals surface area (Å²) < 4.78 is 0. The highest BCUT2D eigenvalue weighted by Gasteiger charge is 2.14. The zero-order valence-electron chi connectivity index (χ0n) is 18.4. The number of carbonyl (C=O) groups excluding carboxylic acids is 2. The maximum atomic E-state index is 12.3. The highest BCUT2D eigenvalue weighted by molar-refractivity contribution is 5.94. The molecule has 4 N–H and O–H groups in total. The molecule has 0 unspecified atom stereocenters. The number of nitrogens with one attached hydrogen (secondary N) is 4. The number of hydrogen-bond donors (Lipinski definition) is 4. The van der Waals surface area contributed by atoms with E-state index in [-0.39, 0.29) is 48.3 Å². The van der Waals surface area contributed by atoms with Crippen molar-refractivity contribution in [2.75, 3.05) is 29.0 Å². The van der Waals surface area contributed by atoms with Crippen LogP contribution in [0.2, 0.25) is 0 Å². The number of carbonyl (C=O) groups is 2. The first-order chi connectivity index (χ1) is 16.8. The Balaban J connectivity index is 1.48. The van der Waals surface area contributed by atoms with Crippen LogP contribution in [-0.2, 0) is 16.1 Å². The lowest BCUT2D eigenvalue weighted by Crippen LogP contribution is -2.29. The Morgan fingerprint density at radius 2 is 1.26 bits per heavy atom. The predicted molar refractivity (Wildman–Crippen MR) is 130 cm³/mol. The molecule has 0 heterocycles. The van der Waals surface area contributed by atoms with Crippen molar-refractivity contribution in [1.82, 2.24) is 5.32 Å². The molecule has 0 aromatic heterocycles. The Bertz CT molecular complexity index is 1250. The Hall–Kier alpha value is -5.00. The van der Waals surface area contributed by atoms with Crippen LogP contribution in [0.25, 0.3) is 0 Å². The molecule has 0 aliphatic heterocycles. The number of benzene rings is 3. The lowest BCUT2D eigenvalue weighted by molar-refractivity contribution is -0.384. The zero-order chi connectivity index (χ0) is 25.2. The minimum absolute atomic E-state index is 0.125. The molecule has 0 aliphatic carbocycles. The summed E-state index contributed by atoms with van der Waals surface area (Å²) >= 11 is 0. The van der Waals surface area contributed by atoms with Gasteiger partial charge in [-0.15, -0.1) is 0 Å². The number of amides is 2. The van der Waals surface area contributed by atoms with Crippen LogP contribution in [0.5, 0.6) is 0 Å². The third-order valence-corrected chi connectivity index (χ3v) is 4.78. The van der Waals surface area contributed by atoms with Crippen LogP contribution in [0.4, 0.5) is 28.4 Å². The Labute approximate surface area is 199 Å². The summed E-state index contributed by atoms with van der Waals surface area (Å²) in [6.07, 6.45) is 0. The Morgan fingerprint density at radius 3 is 1.83 bits per heavy atom. The lowest BCUT2D eigenvalue weighted by Gasteiger charge is -2.11. The molecule has 3 aromatic rings. The van der Waals surface area contributed by atoms with Crippen LogP contribution >= 0.6 is 0 Å². The number of para-hydroxylation sites is 4. The molecule has 0 radical (unpaired) electrons. The van der Waals surface area contributed by atoms with Gasteiger partial charge in [0.2, 0.25) is 11.8 Å². The summed E-state index contributed by atoms with van der Waals surface area (Å²) in [5.41, 5.74) is 1.43. The van der Waals surface area contributed by atoms with E-state index in [1.807, 2.05) is 0 Å². The number of nitro benzene ring substituents is 2. The molecular formula is C23H22N6O6. The van der Waals surface area contributed by atoms with Crippen molar-refractivity contribution in [2.24, 2.45) is 0 Å². The van der Waals surface area contributed by atoms with Gasteiger partial charge in [0.05, 0.1) is 22.9 Å². The standard InChI is InChI=1S/C23H22N6O6/c30-22(14-24-18-8-1-3-10-20(18)28(32)33)26-13-16-6-5-7-17(12-16)27-23(31)15-25-19-9-2-4-11-21(19)29(34)35/h1-12,24-25H,13-15H2,(H,26,30)(H,27,31). The van der Waals surface area contributed by atoms with Crippen molar-refractivity contribution >= 4 is 40.3 Å². The van der Waals surface area contributed by atoms with Crippen LogP contribution in [0.15, 0.2) is 72.8 Å². The zero-order valence-corrected chi connectivity index (χ0v) is 18.4. The first-order valence-electron chi connectivity index (χ1n) is 10.4. The Kier molecular flexibility index (Phi) is 8.27. The molecular weight excluding hydrogens is 456 g/mol. The van der Waals surface area contributed by atoms with E-state index in [0.29, 0.717) is 11.3 Å². The van der Waals surface area contributed by atoms with Crippen molar-refractivity contribution in [1.29, 1.82) is 0 Å². The first kappa shape index (κ1) is 24.6. The van der Waals surface area contributed by atoms with Crippen molar-refractivity contribution in [2.45, 2.75) is 6.54 Å². The fraction of sp³-hybridized carbons (Fsp3) is 0.130. The molecule has 180 valence electrons. The number of nitro groups is 2. The third kappa shape index (κ3) is 7.25. The summed E-state index contributed by atoms with van der Waals surface area (Å²) in [5, 5.41) is 33.0. The largest absolute Gasteiger partial charge is 0.371 e. The monoisotopic (exact) mass is 478 g/mol. The molecule has 12 heteroatoms. The lowest BCUT2D eigenvalue weighted by atomic mass is 10.2. The second kappa shape index (κ2) is 11.7. The van der Waals surface area contributed by atoms with Gasteiger partial charge in [-0.2, -0.15) is 0 Å². The predicted octanol–water partition coefficient (Wildman–Crippen LogP) is 3.28. The normalized spacial score (nSPS) is 10.2. The van der Waals surface area contributed by atoms with Crippen LogP contribution in [-0.4, -0.2) is 34.8 Å². The minimum Gasteiger partial charge on any atom is -0.371 e. The molecule has 0 fully saturated rings. The van der Waals surface area contributed by atoms with Crippen molar-refractivity contribution < 1.29 is 19.4 Å². The topological polar surface area (TPSA) is 169 Å². The van der Waals surface area contributed by atoms with Gasteiger partial charge in [-0.05, 0) is 29.8 Å². The van der Waals surface area contributed by atoms with Crippen molar-refractivity contribution in [3.8, 4) is 0 Å². The molecule has 0 saturated heterocycles. The van der Waals surface area contributed by atoms with E-state index in [4.69, 9.17) is 0 Å². The van der Waals surface area contributed by atoms with Crippen LogP contribution in [0, 0.1) is 20.2 Å². The van der Waals surface area contributed by atoms with E-state index >= 15 is 0 Å². The van der Waals surface area contributed by atoms with E-state index in [0.717, 1.165) is 0 Å². The van der Waals surface area contributed by atoms with Crippen molar-refractivity contribution in [3.05, 3.63) is 98.6 Å². The van der Waals surface area contributed by atoms with Gasteiger partial charge in [0.15, 0.2) is 0 Å². The third-order valence-electron chi connectivity index (χ3n) is 4.78. The molecule has 3 aromatic carbocycles. The average molecular weight is 478 g/mol. The molecule has 0 spiro atoms. The maximum absolute atomic E-state index is 12.3. The van der Waals surface area contributed by atoms with E-state index in [2.05, 4.69) is 21.3 Å². The number of nitrogens with zero attached hydrogens (tertiary/aromatic N) is 2. The molecule has 0 saturated carbocycles. The minimum atomic E-state index is -0.533. The van der Waals surface area contributed by atoms with Gasteiger partial charge >= 0.3 is 0 Å². The fourth-order valence-electron chi connectivity index (χ4n) is 3.14. The number of rotatable bonds is 11. The Morgan fingerprint density at radius 1 is 0.714 bits per heavy atom. The summed E-state index contributed by atoms with van der Waals surface area (Å²) in [6.45, 7) is -0.156.